The van der Waals surface area contributed by atoms with Crippen LogP contribution in [0, 0.1) is 5.92 Å². The molecule has 0 heterocycles. The highest BCUT2D eigenvalue weighted by Gasteiger charge is 2.02. The maximum Gasteiger partial charge on any atom is 0.0877 e. The minimum atomic E-state index is -0.495. The van der Waals surface area contributed by atoms with Crippen LogP contribution in [0.25, 0.3) is 0 Å². The molecule has 0 radical (unpaired) electrons. The lowest BCUT2D eigenvalue weighted by Gasteiger charge is -2.07. The van der Waals surface area contributed by atoms with Crippen LogP contribution in [0.4, 0.5) is 0 Å². The molecule has 2 N–H and O–H groups in total. The van der Waals surface area contributed by atoms with Crippen molar-refractivity contribution < 1.29 is 10.2 Å². The predicted octanol–water partition coefficient (Wildman–Crippen LogP) is 1.86. The van der Waals surface area contributed by atoms with E-state index in [9.17, 15) is 0 Å². The van der Waals surface area contributed by atoms with Crippen LogP contribution in [0.5, 0.6) is 0 Å². The lowest BCUT2D eigenvalue weighted by molar-refractivity contribution is 0.190. The minimum Gasteiger partial charge on any atom is -0.513 e. The van der Waals surface area contributed by atoms with E-state index in [0.717, 1.165) is 0 Å². The maximum absolute atomic E-state index is 9.15. The highest BCUT2D eigenvalue weighted by molar-refractivity contribution is 4.92. The van der Waals surface area contributed by atoms with Gasteiger partial charge in [0.2, 0.25) is 0 Å². The Hall–Kier alpha value is -0.500. The van der Waals surface area contributed by atoms with Gasteiger partial charge < -0.3 is 10.2 Å². The average Bonchev–Trinajstić information content (AvgIpc) is 1.58. The van der Waals surface area contributed by atoms with E-state index in [0.29, 0.717) is 12.3 Å². The molecule has 0 saturated heterocycles. The largest absolute Gasteiger partial charge is 0.513 e. The Bertz CT molecular complexity index is 112. The Morgan fingerprint density at radius 2 is 2.00 bits per heavy atom. The highest BCUT2D eigenvalue weighted by Crippen LogP contribution is 2.06. The fourth-order valence-electron chi connectivity index (χ4n) is 0.829. The van der Waals surface area contributed by atoms with Gasteiger partial charge in [0.15, 0.2) is 0 Å². The maximum atomic E-state index is 9.15. The second-order valence-corrected chi connectivity index (χ2v) is 3.00. The van der Waals surface area contributed by atoms with Crippen LogP contribution in [-0.2, 0) is 0 Å². The topological polar surface area (TPSA) is 40.5 Å². The fourth-order valence-corrected chi connectivity index (χ4v) is 0.829. The quantitative estimate of drug-likeness (QED) is 0.593. The Labute approximate surface area is 62.2 Å². The van der Waals surface area contributed by atoms with Crippen LogP contribution in [0.15, 0.2) is 11.8 Å². The second-order valence-electron chi connectivity index (χ2n) is 3.00. The Kier molecular flexibility index (Phi) is 4.12. The zero-order valence-electron chi connectivity index (χ0n) is 6.83. The Balaban J connectivity index is 3.64. The first-order chi connectivity index (χ1) is 4.52. The minimum absolute atomic E-state index is 0.188. The third-order valence-electron chi connectivity index (χ3n) is 1.15. The molecule has 0 aliphatic carbocycles. The lowest BCUT2D eigenvalue weighted by Crippen LogP contribution is -2.06. The Morgan fingerprint density at radius 1 is 1.50 bits per heavy atom. The summed E-state index contributed by atoms with van der Waals surface area (Å²) in [6, 6.07) is 0. The number of hydrogen-bond acceptors (Lipinski definition) is 2. The molecule has 0 aromatic carbocycles. The summed E-state index contributed by atoms with van der Waals surface area (Å²) in [5, 5.41) is 17.9. The lowest BCUT2D eigenvalue weighted by atomic mass is 10.1. The van der Waals surface area contributed by atoms with Crippen LogP contribution in [0.2, 0.25) is 0 Å². The van der Waals surface area contributed by atoms with Gasteiger partial charge in [0.25, 0.3) is 0 Å². The number of allylic oxidation sites excluding steroid dienone is 1. The molecular weight excluding hydrogens is 128 g/mol. The molecule has 2 nitrogen and oxygen atoms in total. The van der Waals surface area contributed by atoms with Gasteiger partial charge in [-0.1, -0.05) is 13.8 Å². The summed E-state index contributed by atoms with van der Waals surface area (Å²) in [7, 11) is 0. The molecule has 0 aromatic rings. The van der Waals surface area contributed by atoms with Crippen molar-refractivity contribution in [3.8, 4) is 0 Å². The molecule has 60 valence electrons. The van der Waals surface area contributed by atoms with E-state index in [1.54, 1.807) is 6.92 Å². The highest BCUT2D eigenvalue weighted by atomic mass is 16.3. The van der Waals surface area contributed by atoms with Crippen LogP contribution < -0.4 is 0 Å². The molecule has 1 unspecified atom stereocenters. The van der Waals surface area contributed by atoms with Crippen molar-refractivity contribution in [2.45, 2.75) is 33.3 Å². The molecule has 10 heavy (non-hydrogen) atoms. The molecule has 0 rings (SSSR count). The van der Waals surface area contributed by atoms with Crippen LogP contribution >= 0.6 is 0 Å². The standard InChI is InChI=1S/C8H16O2/c1-6(2)4-8(10)5-7(3)9/h5-6,8-10H,4H2,1-3H3. The van der Waals surface area contributed by atoms with Crippen LogP contribution in [-0.4, -0.2) is 16.3 Å². The van der Waals surface area contributed by atoms with Crippen molar-refractivity contribution in [2.24, 2.45) is 5.92 Å². The molecule has 0 spiro atoms. The van der Waals surface area contributed by atoms with E-state index >= 15 is 0 Å². The molecule has 0 amide bonds. The summed E-state index contributed by atoms with van der Waals surface area (Å²) < 4.78 is 0. The van der Waals surface area contributed by atoms with E-state index in [2.05, 4.69) is 0 Å². The molecular formula is C8H16O2. The van der Waals surface area contributed by atoms with Gasteiger partial charge in [-0.05, 0) is 25.3 Å². The number of aliphatic hydroxyl groups excluding tert-OH is 2. The normalized spacial score (nSPS) is 15.9. The van der Waals surface area contributed by atoms with Crippen molar-refractivity contribution in [2.75, 3.05) is 0 Å². The van der Waals surface area contributed by atoms with E-state index in [1.165, 1.54) is 6.08 Å². The van der Waals surface area contributed by atoms with Gasteiger partial charge in [0.05, 0.1) is 11.9 Å². The van der Waals surface area contributed by atoms with Gasteiger partial charge >= 0.3 is 0 Å². The van der Waals surface area contributed by atoms with Gasteiger partial charge in [-0.2, -0.15) is 0 Å². The zero-order valence-corrected chi connectivity index (χ0v) is 6.83. The summed E-state index contributed by atoms with van der Waals surface area (Å²) in [6.07, 6.45) is 1.67. The van der Waals surface area contributed by atoms with Crippen molar-refractivity contribution in [3.05, 3.63) is 11.8 Å². The van der Waals surface area contributed by atoms with Gasteiger partial charge in [-0.3, -0.25) is 0 Å². The molecule has 0 saturated carbocycles. The molecule has 0 aliphatic rings. The molecule has 0 fully saturated rings. The first-order valence-corrected chi connectivity index (χ1v) is 3.58. The SMILES string of the molecule is CC(O)=CC(O)CC(C)C. The first-order valence-electron chi connectivity index (χ1n) is 3.58. The molecule has 2 heteroatoms. The number of aliphatic hydroxyl groups is 2. The van der Waals surface area contributed by atoms with E-state index < -0.39 is 6.10 Å². The van der Waals surface area contributed by atoms with Crippen LogP contribution in [0.3, 0.4) is 0 Å². The van der Waals surface area contributed by atoms with Crippen molar-refractivity contribution in [1.29, 1.82) is 0 Å². The van der Waals surface area contributed by atoms with Gasteiger partial charge in [-0.15, -0.1) is 0 Å². The van der Waals surface area contributed by atoms with Crippen molar-refractivity contribution in [3.63, 3.8) is 0 Å². The smallest absolute Gasteiger partial charge is 0.0877 e. The van der Waals surface area contributed by atoms with Gasteiger partial charge in [-0.25, -0.2) is 0 Å². The molecule has 0 bridgehead atoms. The Morgan fingerprint density at radius 3 is 2.30 bits per heavy atom. The molecule has 0 aliphatic heterocycles. The van der Waals surface area contributed by atoms with E-state index in [-0.39, 0.29) is 5.76 Å². The third-order valence-corrected chi connectivity index (χ3v) is 1.15. The summed E-state index contributed by atoms with van der Waals surface area (Å²) in [5.74, 6) is 0.652. The fraction of sp³-hybridized carbons (Fsp3) is 0.750. The average molecular weight is 144 g/mol. The second kappa shape index (κ2) is 4.34. The summed E-state index contributed by atoms with van der Waals surface area (Å²) in [4.78, 5) is 0. The summed E-state index contributed by atoms with van der Waals surface area (Å²) in [5.41, 5.74) is 0. The molecule has 1 atom stereocenters. The third kappa shape index (κ3) is 5.63. The van der Waals surface area contributed by atoms with E-state index in [4.69, 9.17) is 10.2 Å². The van der Waals surface area contributed by atoms with Gasteiger partial charge in [0, 0.05) is 0 Å². The first kappa shape index (κ1) is 9.50. The van der Waals surface area contributed by atoms with Gasteiger partial charge in [0.1, 0.15) is 0 Å². The summed E-state index contributed by atoms with van der Waals surface area (Å²) >= 11 is 0. The van der Waals surface area contributed by atoms with Crippen molar-refractivity contribution in [1.82, 2.24) is 0 Å². The van der Waals surface area contributed by atoms with Crippen LogP contribution in [0.1, 0.15) is 27.2 Å². The number of hydrogen-bond donors (Lipinski definition) is 2. The number of rotatable bonds is 3. The zero-order chi connectivity index (χ0) is 8.15. The molecule has 0 aromatic heterocycles. The monoisotopic (exact) mass is 144 g/mol. The van der Waals surface area contributed by atoms with E-state index in [1.807, 2.05) is 13.8 Å². The predicted molar refractivity (Wildman–Crippen MR) is 41.8 cm³/mol. The van der Waals surface area contributed by atoms with Crippen molar-refractivity contribution >= 4 is 0 Å². The summed E-state index contributed by atoms with van der Waals surface area (Å²) in [6.45, 7) is 5.62.